The van der Waals surface area contributed by atoms with Crippen LogP contribution in [0.2, 0.25) is 0 Å². The first-order valence-corrected chi connectivity index (χ1v) is 6.68. The number of aliphatic hydroxyl groups excluding tert-OH is 1. The zero-order chi connectivity index (χ0) is 13.8. The molecule has 1 amide bonds. The van der Waals surface area contributed by atoms with Crippen molar-refractivity contribution in [3.05, 3.63) is 28.5 Å². The normalized spacial score (nSPS) is 13.2. The van der Waals surface area contributed by atoms with Gasteiger partial charge in [-0.1, -0.05) is 19.9 Å². The third kappa shape index (κ3) is 5.14. The van der Waals surface area contributed by atoms with Crippen LogP contribution in [0.15, 0.2) is 22.8 Å². The Morgan fingerprint density at radius 2 is 2.22 bits per heavy atom. The summed E-state index contributed by atoms with van der Waals surface area (Å²) in [5, 5.41) is 12.2. The number of hydrogen-bond donors (Lipinski definition) is 2. The van der Waals surface area contributed by atoms with Gasteiger partial charge < -0.3 is 10.4 Å². The zero-order valence-corrected chi connectivity index (χ0v) is 12.5. The van der Waals surface area contributed by atoms with Gasteiger partial charge in [0.15, 0.2) is 0 Å². The minimum atomic E-state index is -0.374. The van der Waals surface area contributed by atoms with E-state index in [2.05, 4.69) is 26.2 Å². The Morgan fingerprint density at radius 1 is 1.56 bits per heavy atom. The predicted octanol–water partition coefficient (Wildman–Crippen LogP) is 2.37. The molecule has 18 heavy (non-hydrogen) atoms. The largest absolute Gasteiger partial charge is 0.393 e. The molecule has 1 unspecified atom stereocenters. The Labute approximate surface area is 116 Å². The van der Waals surface area contributed by atoms with Crippen molar-refractivity contribution in [2.75, 3.05) is 6.54 Å². The molecule has 0 saturated heterocycles. The van der Waals surface area contributed by atoms with Crippen LogP contribution in [0.3, 0.4) is 0 Å². The highest BCUT2D eigenvalue weighted by atomic mass is 79.9. The molecule has 0 aliphatic heterocycles. The average Bonchev–Trinajstić information content (AvgIpc) is 2.24. The minimum absolute atomic E-state index is 0.143. The molecule has 5 heteroatoms. The molecule has 1 aromatic rings. The Balaban J connectivity index is 2.56. The quantitative estimate of drug-likeness (QED) is 0.820. The molecule has 4 nitrogen and oxygen atoms in total. The van der Waals surface area contributed by atoms with Crippen molar-refractivity contribution < 1.29 is 9.90 Å². The van der Waals surface area contributed by atoms with Gasteiger partial charge >= 0.3 is 0 Å². The number of pyridine rings is 1. The van der Waals surface area contributed by atoms with Gasteiger partial charge in [-0.3, -0.25) is 4.79 Å². The van der Waals surface area contributed by atoms with Crippen LogP contribution in [0.25, 0.3) is 0 Å². The van der Waals surface area contributed by atoms with Gasteiger partial charge in [0.2, 0.25) is 0 Å². The van der Waals surface area contributed by atoms with Gasteiger partial charge in [0.25, 0.3) is 5.91 Å². The lowest BCUT2D eigenvalue weighted by molar-refractivity contribution is 0.0897. The fourth-order valence-electron chi connectivity index (χ4n) is 1.82. The van der Waals surface area contributed by atoms with E-state index in [0.717, 1.165) is 0 Å². The maximum atomic E-state index is 11.9. The zero-order valence-electron chi connectivity index (χ0n) is 10.9. The molecule has 0 spiro atoms. The topological polar surface area (TPSA) is 62.2 Å². The first kappa shape index (κ1) is 15.1. The molecular formula is C13H19BrN2O2. The van der Waals surface area contributed by atoms with Crippen LogP contribution in [0.5, 0.6) is 0 Å². The molecule has 0 aliphatic rings. The lowest BCUT2D eigenvalue weighted by Gasteiger charge is -2.26. The molecule has 0 radical (unpaired) electrons. The second kappa shape index (κ2) is 6.29. The Bertz CT molecular complexity index is 419. The van der Waals surface area contributed by atoms with E-state index in [4.69, 9.17) is 0 Å². The second-order valence-electron chi connectivity index (χ2n) is 5.25. The third-order valence-electron chi connectivity index (χ3n) is 2.52. The maximum Gasteiger partial charge on any atom is 0.269 e. The number of hydrogen-bond acceptors (Lipinski definition) is 3. The summed E-state index contributed by atoms with van der Waals surface area (Å²) in [7, 11) is 0. The summed E-state index contributed by atoms with van der Waals surface area (Å²) in [6, 6.07) is 5.21. The number of halogens is 1. The summed E-state index contributed by atoms with van der Waals surface area (Å²) in [4.78, 5) is 16.0. The highest BCUT2D eigenvalue weighted by molar-refractivity contribution is 9.10. The van der Waals surface area contributed by atoms with Crippen LogP contribution in [0, 0.1) is 5.41 Å². The van der Waals surface area contributed by atoms with Crippen LogP contribution in [-0.2, 0) is 0 Å². The molecule has 0 saturated carbocycles. The van der Waals surface area contributed by atoms with Crippen molar-refractivity contribution in [1.82, 2.24) is 10.3 Å². The number of amides is 1. The van der Waals surface area contributed by atoms with Crippen molar-refractivity contribution >= 4 is 21.8 Å². The summed E-state index contributed by atoms with van der Waals surface area (Å²) in [6.07, 6.45) is 0.264. The molecule has 0 aliphatic carbocycles. The van der Waals surface area contributed by atoms with Crippen molar-refractivity contribution in [3.63, 3.8) is 0 Å². The molecule has 0 bridgehead atoms. The van der Waals surface area contributed by atoms with E-state index in [1.165, 1.54) is 0 Å². The number of nitrogens with one attached hydrogen (secondary N) is 1. The van der Waals surface area contributed by atoms with E-state index >= 15 is 0 Å². The van der Waals surface area contributed by atoms with Crippen molar-refractivity contribution in [2.24, 2.45) is 5.41 Å². The first-order valence-electron chi connectivity index (χ1n) is 5.89. The summed E-state index contributed by atoms with van der Waals surface area (Å²) in [5.41, 5.74) is 0.243. The molecule has 1 aromatic heterocycles. The first-order chi connectivity index (χ1) is 8.30. The Morgan fingerprint density at radius 3 is 2.78 bits per heavy atom. The average molecular weight is 315 g/mol. The van der Waals surface area contributed by atoms with E-state index in [-0.39, 0.29) is 17.4 Å². The van der Waals surface area contributed by atoms with Crippen molar-refractivity contribution in [2.45, 2.75) is 33.3 Å². The van der Waals surface area contributed by atoms with Crippen molar-refractivity contribution in [3.8, 4) is 0 Å². The summed E-state index contributed by atoms with van der Waals surface area (Å²) in [5.74, 6) is -0.199. The smallest absolute Gasteiger partial charge is 0.269 e. The second-order valence-corrected chi connectivity index (χ2v) is 6.06. The number of aromatic nitrogens is 1. The maximum absolute atomic E-state index is 11.9. The molecule has 1 heterocycles. The van der Waals surface area contributed by atoms with Gasteiger partial charge in [-0.15, -0.1) is 0 Å². The van der Waals surface area contributed by atoms with Gasteiger partial charge in [-0.2, -0.15) is 0 Å². The Kier molecular flexibility index (Phi) is 5.28. The third-order valence-corrected chi connectivity index (χ3v) is 2.96. The van der Waals surface area contributed by atoms with E-state index in [0.29, 0.717) is 23.3 Å². The fraction of sp³-hybridized carbons (Fsp3) is 0.538. The van der Waals surface area contributed by atoms with Crippen LogP contribution >= 0.6 is 15.9 Å². The van der Waals surface area contributed by atoms with Gasteiger partial charge in [0.1, 0.15) is 10.3 Å². The fourth-order valence-corrected chi connectivity index (χ4v) is 2.16. The van der Waals surface area contributed by atoms with E-state index in [1.807, 2.05) is 13.8 Å². The summed E-state index contributed by atoms with van der Waals surface area (Å²) in [6.45, 7) is 6.27. The van der Waals surface area contributed by atoms with Gasteiger partial charge in [0.05, 0.1) is 6.10 Å². The monoisotopic (exact) mass is 314 g/mol. The summed E-state index contributed by atoms with van der Waals surface area (Å²) < 4.78 is 0.637. The Hall–Kier alpha value is -0.940. The highest BCUT2D eigenvalue weighted by Gasteiger charge is 2.21. The van der Waals surface area contributed by atoms with Gasteiger partial charge in [-0.05, 0) is 46.8 Å². The molecular weight excluding hydrogens is 296 g/mol. The predicted molar refractivity (Wildman–Crippen MR) is 74.3 cm³/mol. The number of carbonyl (C=O) groups is 1. The van der Waals surface area contributed by atoms with E-state index < -0.39 is 0 Å². The standard InChI is InChI=1S/C13H19BrN2O2/c1-9(17)7-13(2,3)8-15-12(18)10-5-4-6-11(14)16-10/h4-6,9,17H,7-8H2,1-3H3,(H,15,18). The number of nitrogens with zero attached hydrogens (tertiary/aromatic N) is 1. The molecule has 0 fully saturated rings. The number of aliphatic hydroxyl groups is 1. The number of rotatable bonds is 5. The SMILES string of the molecule is CC(O)CC(C)(C)CNC(=O)c1cccc(Br)n1. The van der Waals surface area contributed by atoms with Gasteiger partial charge in [-0.25, -0.2) is 4.98 Å². The number of carbonyl (C=O) groups excluding carboxylic acids is 1. The molecule has 1 rings (SSSR count). The molecule has 100 valence electrons. The van der Waals surface area contributed by atoms with Crippen LogP contribution < -0.4 is 5.32 Å². The lowest BCUT2D eigenvalue weighted by Crippen LogP contribution is -2.36. The van der Waals surface area contributed by atoms with Crippen LogP contribution in [0.1, 0.15) is 37.7 Å². The lowest BCUT2D eigenvalue weighted by atomic mass is 9.87. The van der Waals surface area contributed by atoms with Crippen LogP contribution in [0.4, 0.5) is 0 Å². The molecule has 1 atom stereocenters. The molecule has 0 aromatic carbocycles. The van der Waals surface area contributed by atoms with Gasteiger partial charge in [0, 0.05) is 6.54 Å². The minimum Gasteiger partial charge on any atom is -0.393 e. The molecule has 2 N–H and O–H groups in total. The highest BCUT2D eigenvalue weighted by Crippen LogP contribution is 2.21. The summed E-state index contributed by atoms with van der Waals surface area (Å²) >= 11 is 3.23. The van der Waals surface area contributed by atoms with E-state index in [1.54, 1.807) is 25.1 Å². The van der Waals surface area contributed by atoms with E-state index in [9.17, 15) is 9.90 Å². The van der Waals surface area contributed by atoms with Crippen LogP contribution in [-0.4, -0.2) is 28.6 Å². The van der Waals surface area contributed by atoms with Crippen molar-refractivity contribution in [1.29, 1.82) is 0 Å².